The highest BCUT2D eigenvalue weighted by Gasteiger charge is 2.26. The van der Waals surface area contributed by atoms with Gasteiger partial charge in [-0.15, -0.1) is 0 Å². The van der Waals surface area contributed by atoms with Gasteiger partial charge < -0.3 is 9.88 Å². The third-order valence-corrected chi connectivity index (χ3v) is 11.2. The summed E-state index contributed by atoms with van der Waals surface area (Å²) in [5, 5.41) is 11.5. The van der Waals surface area contributed by atoms with Gasteiger partial charge in [0.15, 0.2) is 0 Å². The molecule has 0 saturated carbocycles. The topological polar surface area (TPSA) is 29.3 Å². The monoisotopic (exact) mass is 701 g/mol. The van der Waals surface area contributed by atoms with E-state index in [1.165, 1.54) is 71.2 Å². The van der Waals surface area contributed by atoms with E-state index in [2.05, 4.69) is 210 Å². The number of aliphatic imine (C=N–C) groups is 1. The molecular weight excluding hydrogens is 667 g/mol. The van der Waals surface area contributed by atoms with E-state index in [0.717, 1.165) is 28.3 Å². The predicted molar refractivity (Wildman–Crippen MR) is 231 cm³/mol. The fourth-order valence-electron chi connectivity index (χ4n) is 8.62. The van der Waals surface area contributed by atoms with Gasteiger partial charge in [0.2, 0.25) is 0 Å². The van der Waals surface area contributed by atoms with Gasteiger partial charge in [0.25, 0.3) is 0 Å². The fraction of sp³-hybridized carbons (Fsp3) is 0.0192. The Bertz CT molecular complexity index is 2950. The number of para-hydroxylation sites is 1. The zero-order valence-corrected chi connectivity index (χ0v) is 30.0. The van der Waals surface area contributed by atoms with Crippen molar-refractivity contribution in [3.8, 4) is 27.9 Å². The highest BCUT2D eigenvalue weighted by atomic mass is 15.1. The average molecular weight is 702 g/mol. The number of hydrogen-bond donors (Lipinski definition) is 1. The quantitative estimate of drug-likeness (QED) is 0.190. The van der Waals surface area contributed by atoms with Crippen LogP contribution in [0.5, 0.6) is 0 Å². The third kappa shape index (κ3) is 5.24. The van der Waals surface area contributed by atoms with E-state index < -0.39 is 0 Å². The number of hydrogen-bond acceptors (Lipinski definition) is 2. The van der Waals surface area contributed by atoms with Crippen molar-refractivity contribution in [2.45, 2.75) is 6.04 Å². The zero-order chi connectivity index (χ0) is 36.3. The van der Waals surface area contributed by atoms with Gasteiger partial charge >= 0.3 is 0 Å². The molecule has 55 heavy (non-hydrogen) atoms. The molecule has 1 unspecified atom stereocenters. The van der Waals surface area contributed by atoms with Crippen LogP contribution in [0.3, 0.4) is 0 Å². The molecule has 1 aliphatic heterocycles. The van der Waals surface area contributed by atoms with Gasteiger partial charge in [0, 0.05) is 27.6 Å². The summed E-state index contributed by atoms with van der Waals surface area (Å²) in [5.74, 6) is 0.862. The summed E-state index contributed by atoms with van der Waals surface area (Å²) in [6.45, 7) is 0. The molecule has 1 aromatic heterocycles. The number of amidine groups is 1. The van der Waals surface area contributed by atoms with E-state index in [9.17, 15) is 0 Å². The van der Waals surface area contributed by atoms with Crippen LogP contribution in [0.25, 0.3) is 71.3 Å². The van der Waals surface area contributed by atoms with E-state index in [0.29, 0.717) is 0 Å². The van der Waals surface area contributed by atoms with Crippen LogP contribution in [0.1, 0.15) is 22.7 Å². The van der Waals surface area contributed by atoms with E-state index >= 15 is 0 Å². The normalized spacial score (nSPS) is 13.9. The third-order valence-electron chi connectivity index (χ3n) is 11.2. The van der Waals surface area contributed by atoms with Gasteiger partial charge in [0.1, 0.15) is 5.84 Å². The van der Waals surface area contributed by atoms with Gasteiger partial charge in [-0.05, 0) is 110 Å². The molecule has 3 nitrogen and oxygen atoms in total. The molecule has 0 saturated heterocycles. The first-order chi connectivity index (χ1) is 27.3. The highest BCUT2D eigenvalue weighted by Crippen LogP contribution is 2.41. The summed E-state index contributed by atoms with van der Waals surface area (Å²) in [6.07, 6.45) is 0. The summed E-state index contributed by atoms with van der Waals surface area (Å²) in [5.41, 5.74) is 12.7. The second-order valence-corrected chi connectivity index (χ2v) is 14.4. The maximum Gasteiger partial charge on any atom is 0.134 e. The fourth-order valence-corrected chi connectivity index (χ4v) is 8.62. The molecule has 1 N–H and O–H groups in total. The SMILES string of the molecule is c1ccc(-c2cc(-c3ccccc3)cc(C3NC(c4ccc(-n5c6ccc7ccccc7c6c6c7ccccc7ccc65)cc4)=Nc4ccccc43)c2)cc1. The van der Waals surface area contributed by atoms with Crippen molar-refractivity contribution in [2.75, 3.05) is 0 Å². The molecule has 11 rings (SSSR count). The van der Waals surface area contributed by atoms with Gasteiger partial charge in [-0.25, -0.2) is 4.99 Å². The molecule has 2 heterocycles. The summed E-state index contributed by atoms with van der Waals surface area (Å²) >= 11 is 0. The molecule has 9 aromatic carbocycles. The largest absolute Gasteiger partial charge is 0.359 e. The minimum absolute atomic E-state index is 0.0894. The maximum absolute atomic E-state index is 5.21. The van der Waals surface area contributed by atoms with E-state index in [1.807, 2.05) is 0 Å². The van der Waals surface area contributed by atoms with Crippen LogP contribution >= 0.6 is 0 Å². The van der Waals surface area contributed by atoms with Crippen LogP contribution < -0.4 is 5.32 Å². The lowest BCUT2D eigenvalue weighted by molar-refractivity contribution is 0.750. The molecule has 3 heteroatoms. The Balaban J connectivity index is 1.04. The van der Waals surface area contributed by atoms with Gasteiger partial charge in [0.05, 0.1) is 22.8 Å². The van der Waals surface area contributed by atoms with Crippen LogP contribution in [-0.4, -0.2) is 10.4 Å². The molecular formula is C52H35N3. The van der Waals surface area contributed by atoms with Crippen LogP contribution in [0.15, 0.2) is 205 Å². The first kappa shape index (κ1) is 31.3. The number of nitrogens with zero attached hydrogens (tertiary/aromatic N) is 2. The van der Waals surface area contributed by atoms with Gasteiger partial charge in [-0.1, -0.05) is 140 Å². The van der Waals surface area contributed by atoms with Crippen molar-refractivity contribution in [2.24, 2.45) is 4.99 Å². The van der Waals surface area contributed by atoms with E-state index in [-0.39, 0.29) is 6.04 Å². The summed E-state index contributed by atoms with van der Waals surface area (Å²) in [4.78, 5) is 5.21. The molecule has 258 valence electrons. The zero-order valence-electron chi connectivity index (χ0n) is 30.0. The smallest absolute Gasteiger partial charge is 0.134 e. The van der Waals surface area contributed by atoms with E-state index in [1.54, 1.807) is 0 Å². The second kappa shape index (κ2) is 12.7. The molecule has 0 bridgehead atoms. The molecule has 1 atom stereocenters. The first-order valence-corrected chi connectivity index (χ1v) is 18.9. The Morgan fingerprint density at radius 3 is 1.55 bits per heavy atom. The van der Waals surface area contributed by atoms with Crippen LogP contribution in [0.2, 0.25) is 0 Å². The number of nitrogens with one attached hydrogen (secondary N) is 1. The van der Waals surface area contributed by atoms with Gasteiger partial charge in [-0.3, -0.25) is 0 Å². The van der Waals surface area contributed by atoms with Crippen molar-refractivity contribution in [3.05, 3.63) is 217 Å². The molecule has 0 aliphatic carbocycles. The average Bonchev–Trinajstić information content (AvgIpc) is 3.62. The van der Waals surface area contributed by atoms with Crippen molar-refractivity contribution < 1.29 is 0 Å². The van der Waals surface area contributed by atoms with Crippen LogP contribution in [-0.2, 0) is 0 Å². The predicted octanol–water partition coefficient (Wildman–Crippen LogP) is 13.2. The Morgan fingerprint density at radius 1 is 0.418 bits per heavy atom. The minimum Gasteiger partial charge on any atom is -0.359 e. The summed E-state index contributed by atoms with van der Waals surface area (Å²) in [6, 6.07) is 72.1. The van der Waals surface area contributed by atoms with Crippen molar-refractivity contribution in [1.29, 1.82) is 0 Å². The Labute approximate surface area is 319 Å². The summed E-state index contributed by atoms with van der Waals surface area (Å²) in [7, 11) is 0. The van der Waals surface area contributed by atoms with Crippen molar-refractivity contribution in [3.63, 3.8) is 0 Å². The van der Waals surface area contributed by atoms with Crippen LogP contribution in [0, 0.1) is 0 Å². The molecule has 0 fully saturated rings. The molecule has 1 aliphatic rings. The lowest BCUT2D eigenvalue weighted by Gasteiger charge is -2.28. The number of aromatic nitrogens is 1. The number of benzene rings is 9. The standard InChI is InChI=1S/C52H35N3/c1-3-13-34(14-4-1)39-31-40(35-15-5-2-6-16-35)33-41(32-39)51-45-21-11-12-22-46(45)53-52(54-51)38-23-27-42(28-24-38)55-47-29-25-36-17-7-9-19-43(36)49(47)50-44-20-10-8-18-37(44)26-30-48(50)55/h1-33,51H,(H,53,54). The Hall–Kier alpha value is -7.23. The molecule has 0 amide bonds. The maximum atomic E-state index is 5.21. The Morgan fingerprint density at radius 2 is 0.945 bits per heavy atom. The lowest BCUT2D eigenvalue weighted by Crippen LogP contribution is -2.32. The number of rotatable bonds is 5. The number of fused-ring (bicyclic) bond motifs is 8. The Kier molecular flexibility index (Phi) is 7.24. The van der Waals surface area contributed by atoms with Crippen LogP contribution in [0.4, 0.5) is 5.69 Å². The second-order valence-electron chi connectivity index (χ2n) is 14.4. The van der Waals surface area contributed by atoms with Crippen molar-refractivity contribution in [1.82, 2.24) is 9.88 Å². The summed E-state index contributed by atoms with van der Waals surface area (Å²) < 4.78 is 2.42. The first-order valence-electron chi connectivity index (χ1n) is 18.9. The van der Waals surface area contributed by atoms with Gasteiger partial charge in [-0.2, -0.15) is 0 Å². The molecule has 0 spiro atoms. The molecule has 10 aromatic rings. The minimum atomic E-state index is -0.0894. The van der Waals surface area contributed by atoms with E-state index in [4.69, 9.17) is 4.99 Å². The van der Waals surface area contributed by atoms with Crippen molar-refractivity contribution >= 4 is 54.9 Å². The molecule has 0 radical (unpaired) electrons. The lowest BCUT2D eigenvalue weighted by atomic mass is 9.89. The highest BCUT2D eigenvalue weighted by molar-refractivity contribution is 6.28.